The van der Waals surface area contributed by atoms with E-state index in [4.69, 9.17) is 0 Å². The summed E-state index contributed by atoms with van der Waals surface area (Å²) < 4.78 is 0.969. The van der Waals surface area contributed by atoms with Crippen LogP contribution in [0.1, 0.15) is 22.2 Å². The van der Waals surface area contributed by atoms with Crippen molar-refractivity contribution in [2.75, 3.05) is 5.32 Å². The van der Waals surface area contributed by atoms with Gasteiger partial charge in [0.15, 0.2) is 0 Å². The van der Waals surface area contributed by atoms with Crippen LogP contribution in [0, 0.1) is 6.92 Å². The smallest absolute Gasteiger partial charge is 0.348 e. The molecule has 0 aliphatic rings. The van der Waals surface area contributed by atoms with E-state index in [1.807, 2.05) is 32.0 Å². The van der Waals surface area contributed by atoms with Crippen LogP contribution in [0.4, 0.5) is 5.69 Å². The largest absolute Gasteiger partial charge is 0.477 e. The number of rotatable bonds is 3. The summed E-state index contributed by atoms with van der Waals surface area (Å²) in [5.74, 6) is -0.910. The van der Waals surface area contributed by atoms with Gasteiger partial charge in [-0.15, -0.1) is 11.3 Å². The molecule has 0 saturated heterocycles. The van der Waals surface area contributed by atoms with E-state index in [-0.39, 0.29) is 0 Å². The van der Waals surface area contributed by atoms with Crippen LogP contribution in [0.5, 0.6) is 0 Å². The first-order valence-electron chi connectivity index (χ1n) is 5.18. The molecule has 17 heavy (non-hydrogen) atoms. The van der Waals surface area contributed by atoms with Crippen LogP contribution < -0.4 is 5.32 Å². The molecule has 0 spiro atoms. The summed E-state index contributed by atoms with van der Waals surface area (Å²) >= 11 is 1.28. The van der Waals surface area contributed by atoms with Crippen molar-refractivity contribution in [1.82, 2.24) is 0 Å². The van der Waals surface area contributed by atoms with Crippen molar-refractivity contribution in [2.24, 2.45) is 0 Å². The lowest BCUT2D eigenvalue weighted by molar-refractivity contribution is 0.0703. The Morgan fingerprint density at radius 2 is 2.18 bits per heavy atom. The molecule has 4 heteroatoms. The Labute approximate surface area is 103 Å². The summed E-state index contributed by atoms with van der Waals surface area (Å²) in [5.41, 5.74) is 2.49. The summed E-state index contributed by atoms with van der Waals surface area (Å²) in [6, 6.07) is 5.92. The lowest BCUT2D eigenvalue weighted by Gasteiger charge is -2.05. The van der Waals surface area contributed by atoms with Crippen molar-refractivity contribution in [1.29, 1.82) is 0 Å². The second-order valence-electron chi connectivity index (χ2n) is 4.02. The summed E-state index contributed by atoms with van der Waals surface area (Å²) in [4.78, 5) is 11.5. The average Bonchev–Trinajstić information content (AvgIpc) is 2.56. The average molecular weight is 247 g/mol. The maximum Gasteiger partial charge on any atom is 0.348 e. The molecule has 1 heterocycles. The van der Waals surface area contributed by atoms with Crippen LogP contribution in [-0.4, -0.2) is 11.1 Å². The third-order valence-electron chi connectivity index (χ3n) is 2.38. The number of thiophene rings is 1. The van der Waals surface area contributed by atoms with Crippen LogP contribution in [-0.2, 0) is 0 Å². The molecule has 2 rings (SSSR count). The summed E-state index contributed by atoms with van der Waals surface area (Å²) in [5, 5.41) is 13.2. The molecule has 0 unspecified atom stereocenters. The maximum atomic E-state index is 11.2. The van der Waals surface area contributed by atoms with Gasteiger partial charge >= 0.3 is 5.97 Å². The van der Waals surface area contributed by atoms with Crippen LogP contribution in [0.3, 0.4) is 0 Å². The number of fused-ring (bicyclic) bond motifs is 1. The number of hydrogen-bond donors (Lipinski definition) is 2. The molecule has 88 valence electrons. The number of carbonyl (C=O) groups is 1. The molecule has 2 aromatic rings. The number of nitrogens with one attached hydrogen (secondary N) is 1. The molecule has 3 nitrogen and oxygen atoms in total. The van der Waals surface area contributed by atoms with Gasteiger partial charge in [0.05, 0.1) is 5.69 Å². The molecule has 0 bridgehead atoms. The first-order chi connectivity index (χ1) is 7.99. The fourth-order valence-corrected chi connectivity index (χ4v) is 2.68. The van der Waals surface area contributed by atoms with E-state index in [1.54, 1.807) is 0 Å². The lowest BCUT2D eigenvalue weighted by atomic mass is 10.1. The Balaban J connectivity index is 2.72. The minimum atomic E-state index is -0.910. The highest BCUT2D eigenvalue weighted by atomic mass is 32.1. The second-order valence-corrected chi connectivity index (χ2v) is 5.07. The van der Waals surface area contributed by atoms with E-state index < -0.39 is 5.97 Å². The normalized spacial score (nSPS) is 10.5. The standard InChI is InChI=1S/C13H13NO2S/c1-7(2)14-11-9-6-8(3)4-5-10(9)17-12(11)13(15)16/h4-6,14H,1H2,2-3H3,(H,15,16). The van der Waals surface area contributed by atoms with Gasteiger partial charge in [0, 0.05) is 15.8 Å². The number of aromatic carboxylic acids is 1. The molecule has 2 N–H and O–H groups in total. The van der Waals surface area contributed by atoms with Crippen molar-refractivity contribution in [3.63, 3.8) is 0 Å². The molecule has 1 aromatic heterocycles. The minimum absolute atomic E-state index is 0.327. The number of benzene rings is 1. The minimum Gasteiger partial charge on any atom is -0.477 e. The summed E-state index contributed by atoms with van der Waals surface area (Å²) in [7, 11) is 0. The number of hydrogen-bond acceptors (Lipinski definition) is 3. The van der Waals surface area contributed by atoms with Crippen LogP contribution in [0.25, 0.3) is 10.1 Å². The Morgan fingerprint density at radius 3 is 2.76 bits per heavy atom. The Bertz CT molecular complexity index is 613. The SMILES string of the molecule is C=C(C)Nc1c(C(=O)O)sc2ccc(C)cc12. The van der Waals surface area contributed by atoms with E-state index in [9.17, 15) is 9.90 Å². The van der Waals surface area contributed by atoms with E-state index in [1.165, 1.54) is 11.3 Å². The predicted molar refractivity (Wildman–Crippen MR) is 72.0 cm³/mol. The van der Waals surface area contributed by atoms with Crippen molar-refractivity contribution < 1.29 is 9.90 Å². The van der Waals surface area contributed by atoms with Crippen LogP contribution >= 0.6 is 11.3 Å². The second kappa shape index (κ2) is 4.22. The van der Waals surface area contributed by atoms with Gasteiger partial charge in [-0.05, 0) is 26.0 Å². The third-order valence-corrected chi connectivity index (χ3v) is 3.53. The van der Waals surface area contributed by atoms with Gasteiger partial charge in [-0.1, -0.05) is 18.2 Å². The van der Waals surface area contributed by atoms with E-state index in [2.05, 4.69) is 11.9 Å². The van der Waals surface area contributed by atoms with Gasteiger partial charge in [-0.2, -0.15) is 0 Å². The van der Waals surface area contributed by atoms with Gasteiger partial charge < -0.3 is 10.4 Å². The predicted octanol–water partition coefficient (Wildman–Crippen LogP) is 3.85. The van der Waals surface area contributed by atoms with Crippen molar-refractivity contribution >= 4 is 33.1 Å². The molecule has 0 aliphatic carbocycles. The quantitative estimate of drug-likeness (QED) is 0.866. The van der Waals surface area contributed by atoms with Crippen molar-refractivity contribution in [3.8, 4) is 0 Å². The molecule has 0 aliphatic heterocycles. The zero-order chi connectivity index (χ0) is 12.6. The highest BCUT2D eigenvalue weighted by molar-refractivity contribution is 7.21. The summed E-state index contributed by atoms with van der Waals surface area (Å²) in [6.07, 6.45) is 0. The van der Waals surface area contributed by atoms with E-state index >= 15 is 0 Å². The van der Waals surface area contributed by atoms with E-state index in [0.717, 1.165) is 21.3 Å². The zero-order valence-corrected chi connectivity index (χ0v) is 10.5. The Hall–Kier alpha value is -1.81. The number of carboxylic acids is 1. The topological polar surface area (TPSA) is 49.3 Å². The fraction of sp³-hybridized carbons (Fsp3) is 0.154. The van der Waals surface area contributed by atoms with Crippen LogP contribution in [0.15, 0.2) is 30.5 Å². The Kier molecular flexibility index (Phi) is 2.90. The maximum absolute atomic E-state index is 11.2. The highest BCUT2D eigenvalue weighted by Gasteiger charge is 2.17. The van der Waals surface area contributed by atoms with Crippen LogP contribution in [0.2, 0.25) is 0 Å². The Morgan fingerprint density at radius 1 is 1.47 bits per heavy atom. The van der Waals surface area contributed by atoms with Gasteiger partial charge in [-0.25, -0.2) is 4.79 Å². The molecular formula is C13H13NO2S. The molecule has 0 radical (unpaired) electrons. The van der Waals surface area contributed by atoms with Gasteiger partial charge in [0.25, 0.3) is 0 Å². The zero-order valence-electron chi connectivity index (χ0n) is 9.70. The number of allylic oxidation sites excluding steroid dienone is 1. The number of anilines is 1. The highest BCUT2D eigenvalue weighted by Crippen LogP contribution is 2.36. The molecule has 1 aromatic carbocycles. The molecule has 0 atom stereocenters. The number of carboxylic acid groups (broad SMARTS) is 1. The molecule has 0 fully saturated rings. The first-order valence-corrected chi connectivity index (χ1v) is 5.99. The fourth-order valence-electron chi connectivity index (χ4n) is 1.70. The van der Waals surface area contributed by atoms with Crippen molar-refractivity contribution in [2.45, 2.75) is 13.8 Å². The first kappa shape index (κ1) is 11.7. The molecule has 0 amide bonds. The summed E-state index contributed by atoms with van der Waals surface area (Å²) in [6.45, 7) is 7.56. The monoisotopic (exact) mass is 247 g/mol. The molecular weight excluding hydrogens is 234 g/mol. The number of aryl methyl sites for hydroxylation is 1. The lowest BCUT2D eigenvalue weighted by Crippen LogP contribution is -2.00. The third kappa shape index (κ3) is 2.17. The van der Waals surface area contributed by atoms with Gasteiger partial charge in [0.2, 0.25) is 0 Å². The van der Waals surface area contributed by atoms with Gasteiger partial charge in [0.1, 0.15) is 4.88 Å². The van der Waals surface area contributed by atoms with Gasteiger partial charge in [-0.3, -0.25) is 0 Å². The molecule has 0 saturated carbocycles. The van der Waals surface area contributed by atoms with E-state index in [0.29, 0.717) is 10.6 Å². The van der Waals surface area contributed by atoms with Crippen molar-refractivity contribution in [3.05, 3.63) is 40.9 Å².